The molecule has 31 heavy (non-hydrogen) atoms. The normalized spacial score (nSPS) is 10.9. The Morgan fingerprint density at radius 1 is 0.968 bits per heavy atom. The number of sulfonamides is 1. The summed E-state index contributed by atoms with van der Waals surface area (Å²) < 4.78 is 38.3. The van der Waals surface area contributed by atoms with Gasteiger partial charge in [0.2, 0.25) is 0 Å². The Labute approximate surface area is 189 Å². The molecule has 0 radical (unpaired) electrons. The van der Waals surface area contributed by atoms with Crippen LogP contribution in [0.4, 0.5) is 11.4 Å². The van der Waals surface area contributed by atoms with Gasteiger partial charge in [-0.2, -0.15) is 0 Å². The van der Waals surface area contributed by atoms with Crippen LogP contribution in [0.3, 0.4) is 0 Å². The average Bonchev–Trinajstić information content (AvgIpc) is 2.73. The van der Waals surface area contributed by atoms with E-state index in [-0.39, 0.29) is 16.5 Å². The summed E-state index contributed by atoms with van der Waals surface area (Å²) in [6.07, 6.45) is 0. The van der Waals surface area contributed by atoms with Gasteiger partial charge in [-0.3, -0.25) is 9.52 Å². The second-order valence-corrected chi connectivity index (χ2v) is 8.77. The molecule has 0 saturated carbocycles. The highest BCUT2D eigenvalue weighted by atomic mass is 35.5. The van der Waals surface area contributed by atoms with Crippen LogP contribution >= 0.6 is 23.2 Å². The van der Waals surface area contributed by atoms with E-state index < -0.39 is 15.9 Å². The van der Waals surface area contributed by atoms with Crippen LogP contribution in [0.2, 0.25) is 10.0 Å². The summed E-state index contributed by atoms with van der Waals surface area (Å²) in [6, 6.07) is 17.0. The molecule has 0 atom stereocenters. The van der Waals surface area contributed by atoms with E-state index in [1.165, 1.54) is 37.4 Å². The second-order valence-electron chi connectivity index (χ2n) is 6.24. The molecule has 2 N–H and O–H groups in total. The molecule has 1 amide bonds. The molecule has 3 aromatic carbocycles. The Morgan fingerprint density at radius 2 is 1.68 bits per heavy atom. The van der Waals surface area contributed by atoms with Crippen molar-refractivity contribution in [2.24, 2.45) is 0 Å². The topological polar surface area (TPSA) is 93.7 Å². The molecule has 0 aliphatic heterocycles. The number of rotatable bonds is 8. The first kappa shape index (κ1) is 22.7. The van der Waals surface area contributed by atoms with Crippen LogP contribution < -0.4 is 19.5 Å². The van der Waals surface area contributed by atoms with Gasteiger partial charge in [-0.25, -0.2) is 8.42 Å². The fourth-order valence-corrected chi connectivity index (χ4v) is 4.12. The number of carbonyl (C=O) groups is 1. The third kappa shape index (κ3) is 6.04. The SMILES string of the molecule is COc1ccccc1NS(=O)(=O)c1ccc(NC(=O)COc2ccc(Cl)cc2Cl)cc1. The van der Waals surface area contributed by atoms with Crippen molar-refractivity contribution in [3.63, 3.8) is 0 Å². The molecular formula is C21H18Cl2N2O5S. The molecule has 0 unspecified atom stereocenters. The highest BCUT2D eigenvalue weighted by Crippen LogP contribution is 2.28. The average molecular weight is 481 g/mol. The Hall–Kier alpha value is -2.94. The summed E-state index contributed by atoms with van der Waals surface area (Å²) >= 11 is 11.8. The molecule has 0 aromatic heterocycles. The summed E-state index contributed by atoms with van der Waals surface area (Å²) in [7, 11) is -2.38. The Kier molecular flexibility index (Phi) is 7.27. The number of ether oxygens (including phenoxy) is 2. The third-order valence-corrected chi connectivity index (χ3v) is 5.96. The quantitative estimate of drug-likeness (QED) is 0.481. The zero-order chi connectivity index (χ0) is 22.4. The van der Waals surface area contributed by atoms with Crippen LogP contribution in [0, 0.1) is 0 Å². The highest BCUT2D eigenvalue weighted by molar-refractivity contribution is 7.92. The van der Waals surface area contributed by atoms with Crippen molar-refractivity contribution >= 4 is 50.5 Å². The third-order valence-electron chi connectivity index (χ3n) is 4.05. The Morgan fingerprint density at radius 3 is 2.35 bits per heavy atom. The number of halogens is 2. The van der Waals surface area contributed by atoms with E-state index in [0.717, 1.165) is 0 Å². The molecular weight excluding hydrogens is 463 g/mol. The van der Waals surface area contributed by atoms with Gasteiger partial charge in [0.05, 0.1) is 22.7 Å². The predicted molar refractivity (Wildman–Crippen MR) is 121 cm³/mol. The minimum atomic E-state index is -3.84. The van der Waals surface area contributed by atoms with Crippen LogP contribution in [0.1, 0.15) is 0 Å². The number of hydrogen-bond donors (Lipinski definition) is 2. The molecule has 3 aromatic rings. The first-order valence-corrected chi connectivity index (χ1v) is 11.2. The maximum absolute atomic E-state index is 12.6. The number of amides is 1. The standard InChI is InChI=1S/C21H18Cl2N2O5S/c1-29-20-5-3-2-4-18(20)25-31(27,28)16-9-7-15(8-10-16)24-21(26)13-30-19-11-6-14(22)12-17(19)23/h2-12,25H,13H2,1H3,(H,24,26). The minimum absolute atomic E-state index is 0.0283. The Balaban J connectivity index is 1.62. The van der Waals surface area contributed by atoms with Crippen molar-refractivity contribution in [2.45, 2.75) is 4.90 Å². The molecule has 0 aliphatic rings. The monoisotopic (exact) mass is 480 g/mol. The second kappa shape index (κ2) is 9.91. The summed E-state index contributed by atoms with van der Waals surface area (Å²) in [5.41, 5.74) is 0.729. The zero-order valence-electron chi connectivity index (χ0n) is 16.3. The highest BCUT2D eigenvalue weighted by Gasteiger charge is 2.16. The van der Waals surface area contributed by atoms with Crippen molar-refractivity contribution < 1.29 is 22.7 Å². The van der Waals surface area contributed by atoms with E-state index in [2.05, 4.69) is 10.0 Å². The molecule has 0 saturated heterocycles. The first-order valence-electron chi connectivity index (χ1n) is 8.92. The van der Waals surface area contributed by atoms with Crippen molar-refractivity contribution in [3.8, 4) is 11.5 Å². The lowest BCUT2D eigenvalue weighted by Crippen LogP contribution is -2.20. The molecule has 0 fully saturated rings. The molecule has 162 valence electrons. The molecule has 10 heteroatoms. The first-order chi connectivity index (χ1) is 14.8. The van der Waals surface area contributed by atoms with Crippen LogP contribution in [-0.4, -0.2) is 28.0 Å². The lowest BCUT2D eigenvalue weighted by Gasteiger charge is -2.12. The van der Waals surface area contributed by atoms with Gasteiger partial charge < -0.3 is 14.8 Å². The molecule has 0 aliphatic carbocycles. The van der Waals surface area contributed by atoms with E-state index in [1.54, 1.807) is 36.4 Å². The lowest BCUT2D eigenvalue weighted by atomic mass is 10.3. The molecule has 0 bridgehead atoms. The van der Waals surface area contributed by atoms with Crippen LogP contribution in [0.5, 0.6) is 11.5 Å². The van der Waals surface area contributed by atoms with E-state index in [1.807, 2.05) is 0 Å². The van der Waals surface area contributed by atoms with Crippen molar-refractivity contribution in [2.75, 3.05) is 23.8 Å². The maximum Gasteiger partial charge on any atom is 0.262 e. The van der Waals surface area contributed by atoms with Gasteiger partial charge in [-0.15, -0.1) is 0 Å². The van der Waals surface area contributed by atoms with E-state index in [4.69, 9.17) is 32.7 Å². The number of para-hydroxylation sites is 2. The van der Waals surface area contributed by atoms with E-state index >= 15 is 0 Å². The van der Waals surface area contributed by atoms with Gasteiger partial charge >= 0.3 is 0 Å². The molecule has 0 spiro atoms. The number of benzene rings is 3. The lowest BCUT2D eigenvalue weighted by molar-refractivity contribution is -0.118. The summed E-state index contributed by atoms with van der Waals surface area (Å²) in [5.74, 6) is 0.287. The van der Waals surface area contributed by atoms with Gasteiger partial charge in [-0.05, 0) is 54.6 Å². The number of hydrogen-bond acceptors (Lipinski definition) is 5. The fourth-order valence-electron chi connectivity index (χ4n) is 2.58. The van der Waals surface area contributed by atoms with Crippen molar-refractivity contribution in [1.29, 1.82) is 0 Å². The fraction of sp³-hybridized carbons (Fsp3) is 0.0952. The number of methoxy groups -OCH3 is 1. The van der Waals surface area contributed by atoms with Gasteiger partial charge in [0.1, 0.15) is 11.5 Å². The van der Waals surface area contributed by atoms with Gasteiger partial charge in [0.25, 0.3) is 15.9 Å². The molecule has 3 rings (SSSR count). The number of nitrogens with one attached hydrogen (secondary N) is 2. The van der Waals surface area contributed by atoms with Gasteiger partial charge in [0.15, 0.2) is 6.61 Å². The van der Waals surface area contributed by atoms with Crippen molar-refractivity contribution in [3.05, 3.63) is 76.8 Å². The molecule has 7 nitrogen and oxygen atoms in total. The zero-order valence-corrected chi connectivity index (χ0v) is 18.6. The summed E-state index contributed by atoms with van der Waals surface area (Å²) in [6.45, 7) is -0.281. The minimum Gasteiger partial charge on any atom is -0.495 e. The van der Waals surface area contributed by atoms with E-state index in [0.29, 0.717) is 27.9 Å². The largest absolute Gasteiger partial charge is 0.495 e. The number of carbonyl (C=O) groups excluding carboxylic acids is 1. The summed E-state index contributed by atoms with van der Waals surface area (Å²) in [4.78, 5) is 12.1. The Bertz CT molecular complexity index is 1180. The number of anilines is 2. The summed E-state index contributed by atoms with van der Waals surface area (Å²) in [5, 5.41) is 3.37. The molecule has 0 heterocycles. The van der Waals surface area contributed by atoms with Crippen LogP contribution in [-0.2, 0) is 14.8 Å². The van der Waals surface area contributed by atoms with Gasteiger partial charge in [-0.1, -0.05) is 35.3 Å². The van der Waals surface area contributed by atoms with Crippen LogP contribution in [0.25, 0.3) is 0 Å². The maximum atomic E-state index is 12.6. The van der Waals surface area contributed by atoms with Crippen LogP contribution in [0.15, 0.2) is 71.6 Å². The van der Waals surface area contributed by atoms with Crippen molar-refractivity contribution in [1.82, 2.24) is 0 Å². The van der Waals surface area contributed by atoms with Gasteiger partial charge in [0, 0.05) is 10.7 Å². The predicted octanol–water partition coefficient (Wildman–Crippen LogP) is 4.82. The van der Waals surface area contributed by atoms with E-state index in [9.17, 15) is 13.2 Å². The smallest absolute Gasteiger partial charge is 0.262 e.